The molecular weight excluding hydrogens is 192 g/mol. The Balaban J connectivity index is 1.97. The number of ether oxygens (including phenoxy) is 1. The van der Waals surface area contributed by atoms with E-state index in [-0.39, 0.29) is 17.9 Å². The molecule has 1 saturated heterocycles. The minimum atomic E-state index is -0.277. The zero-order valence-corrected chi connectivity index (χ0v) is 9.45. The number of amides is 1. The molecule has 2 aliphatic rings. The molecule has 4 heteroatoms. The standard InChI is InChI=1S/C11H20N2O2/c1-7(10(12)14)9(15-2)8-5-11(3-4-11)6-13-8/h7-9,13H,3-6H2,1-2H3,(H2,12,14)/t7-,8+,9-/m1/s1. The molecule has 0 radical (unpaired) electrons. The molecule has 3 N–H and O–H groups in total. The van der Waals surface area contributed by atoms with Crippen LogP contribution in [-0.4, -0.2) is 31.7 Å². The number of rotatable bonds is 4. The number of carbonyl (C=O) groups is 1. The van der Waals surface area contributed by atoms with Crippen LogP contribution >= 0.6 is 0 Å². The number of nitrogens with one attached hydrogen (secondary N) is 1. The molecule has 0 bridgehead atoms. The predicted molar refractivity (Wildman–Crippen MR) is 57.2 cm³/mol. The third-order valence-electron chi connectivity index (χ3n) is 3.96. The average molecular weight is 212 g/mol. The Labute approximate surface area is 90.5 Å². The van der Waals surface area contributed by atoms with E-state index in [1.165, 1.54) is 12.8 Å². The van der Waals surface area contributed by atoms with Crippen LogP contribution in [-0.2, 0) is 9.53 Å². The summed E-state index contributed by atoms with van der Waals surface area (Å²) in [4.78, 5) is 11.1. The van der Waals surface area contributed by atoms with E-state index in [0.717, 1.165) is 13.0 Å². The van der Waals surface area contributed by atoms with E-state index in [4.69, 9.17) is 10.5 Å². The lowest BCUT2D eigenvalue weighted by Crippen LogP contribution is -2.44. The summed E-state index contributed by atoms with van der Waals surface area (Å²) in [6, 6.07) is 0.292. The van der Waals surface area contributed by atoms with Crippen LogP contribution in [0.15, 0.2) is 0 Å². The van der Waals surface area contributed by atoms with Gasteiger partial charge in [-0.2, -0.15) is 0 Å². The molecule has 2 fully saturated rings. The monoisotopic (exact) mass is 212 g/mol. The first-order chi connectivity index (χ1) is 7.08. The van der Waals surface area contributed by atoms with Gasteiger partial charge in [-0.3, -0.25) is 4.79 Å². The van der Waals surface area contributed by atoms with Gasteiger partial charge in [0.25, 0.3) is 0 Å². The highest BCUT2D eigenvalue weighted by atomic mass is 16.5. The molecule has 3 atom stereocenters. The van der Waals surface area contributed by atoms with Crippen molar-refractivity contribution < 1.29 is 9.53 Å². The zero-order chi connectivity index (χ0) is 11.1. The van der Waals surface area contributed by atoms with Crippen molar-refractivity contribution in [3.8, 4) is 0 Å². The number of primary amides is 1. The van der Waals surface area contributed by atoms with Crippen LogP contribution in [0.2, 0.25) is 0 Å². The van der Waals surface area contributed by atoms with Gasteiger partial charge in [0.2, 0.25) is 5.91 Å². The lowest BCUT2D eigenvalue weighted by Gasteiger charge is -2.26. The number of hydrogen-bond acceptors (Lipinski definition) is 3. The maximum atomic E-state index is 11.1. The second-order valence-corrected chi connectivity index (χ2v) is 5.08. The normalized spacial score (nSPS) is 31.5. The zero-order valence-electron chi connectivity index (χ0n) is 9.45. The molecule has 0 unspecified atom stereocenters. The molecule has 15 heavy (non-hydrogen) atoms. The smallest absolute Gasteiger partial charge is 0.222 e. The molecule has 1 aliphatic carbocycles. The van der Waals surface area contributed by atoms with E-state index in [2.05, 4.69) is 5.32 Å². The topological polar surface area (TPSA) is 64.3 Å². The molecule has 0 aromatic rings. The SMILES string of the molecule is CO[C@@H]([C@@H]1CC2(CC2)CN1)[C@@H](C)C(N)=O. The third-order valence-corrected chi connectivity index (χ3v) is 3.96. The number of hydrogen-bond donors (Lipinski definition) is 2. The van der Waals surface area contributed by atoms with Gasteiger partial charge in [0.1, 0.15) is 0 Å². The van der Waals surface area contributed by atoms with E-state index in [1.54, 1.807) is 7.11 Å². The Morgan fingerprint density at radius 1 is 1.60 bits per heavy atom. The minimum Gasteiger partial charge on any atom is -0.379 e. The molecule has 1 spiro atoms. The highest BCUT2D eigenvalue weighted by molar-refractivity contribution is 5.77. The summed E-state index contributed by atoms with van der Waals surface area (Å²) in [5, 5.41) is 3.46. The molecule has 0 aromatic heterocycles. The van der Waals surface area contributed by atoms with Crippen molar-refractivity contribution >= 4 is 5.91 Å². The lowest BCUT2D eigenvalue weighted by atomic mass is 9.92. The van der Waals surface area contributed by atoms with Crippen LogP contribution in [0.1, 0.15) is 26.2 Å². The molecule has 86 valence electrons. The molecule has 4 nitrogen and oxygen atoms in total. The average Bonchev–Trinajstić information content (AvgIpc) is 2.81. The highest BCUT2D eigenvalue weighted by Crippen LogP contribution is 2.52. The van der Waals surface area contributed by atoms with Gasteiger partial charge in [-0.25, -0.2) is 0 Å². The molecule has 0 aromatic carbocycles. The number of nitrogens with two attached hydrogens (primary N) is 1. The van der Waals surface area contributed by atoms with Crippen molar-refractivity contribution in [1.82, 2.24) is 5.32 Å². The fraction of sp³-hybridized carbons (Fsp3) is 0.909. The third kappa shape index (κ3) is 2.01. The van der Waals surface area contributed by atoms with Crippen LogP contribution in [0.3, 0.4) is 0 Å². The van der Waals surface area contributed by atoms with Gasteiger partial charge < -0.3 is 15.8 Å². The number of methoxy groups -OCH3 is 1. The van der Waals surface area contributed by atoms with E-state index >= 15 is 0 Å². The minimum absolute atomic E-state index is 0.0810. The summed E-state index contributed by atoms with van der Waals surface area (Å²) in [7, 11) is 1.66. The quantitative estimate of drug-likeness (QED) is 0.703. The van der Waals surface area contributed by atoms with E-state index in [0.29, 0.717) is 11.5 Å². The first-order valence-corrected chi connectivity index (χ1v) is 5.63. The van der Waals surface area contributed by atoms with Crippen molar-refractivity contribution in [2.24, 2.45) is 17.1 Å². The van der Waals surface area contributed by atoms with E-state index < -0.39 is 0 Å². The highest BCUT2D eigenvalue weighted by Gasteiger charge is 2.50. The molecule has 2 rings (SSSR count). The fourth-order valence-electron chi connectivity index (χ4n) is 2.63. The molecule has 1 aliphatic heterocycles. The summed E-state index contributed by atoms with van der Waals surface area (Å²) < 4.78 is 5.42. The van der Waals surface area contributed by atoms with Crippen LogP contribution < -0.4 is 11.1 Å². The maximum absolute atomic E-state index is 11.1. The Morgan fingerprint density at radius 2 is 2.27 bits per heavy atom. The fourth-order valence-corrected chi connectivity index (χ4v) is 2.63. The molecular formula is C11H20N2O2. The summed E-state index contributed by atoms with van der Waals surface area (Å²) in [5.41, 5.74) is 5.84. The second kappa shape index (κ2) is 3.76. The Hall–Kier alpha value is -0.610. The van der Waals surface area contributed by atoms with Crippen molar-refractivity contribution in [3.05, 3.63) is 0 Å². The van der Waals surface area contributed by atoms with Gasteiger partial charge >= 0.3 is 0 Å². The Kier molecular flexibility index (Phi) is 2.73. The van der Waals surface area contributed by atoms with Gasteiger partial charge in [-0.1, -0.05) is 6.92 Å². The van der Waals surface area contributed by atoms with Crippen LogP contribution in [0.4, 0.5) is 0 Å². The van der Waals surface area contributed by atoms with Crippen LogP contribution in [0.25, 0.3) is 0 Å². The van der Waals surface area contributed by atoms with Gasteiger partial charge in [0, 0.05) is 19.7 Å². The van der Waals surface area contributed by atoms with Gasteiger partial charge in [0.15, 0.2) is 0 Å². The largest absolute Gasteiger partial charge is 0.379 e. The second-order valence-electron chi connectivity index (χ2n) is 5.08. The molecule has 1 amide bonds. The summed E-state index contributed by atoms with van der Waals surface area (Å²) >= 11 is 0. The van der Waals surface area contributed by atoms with Crippen molar-refractivity contribution in [2.75, 3.05) is 13.7 Å². The molecule has 1 heterocycles. The van der Waals surface area contributed by atoms with Crippen LogP contribution in [0, 0.1) is 11.3 Å². The molecule has 1 saturated carbocycles. The maximum Gasteiger partial charge on any atom is 0.222 e. The summed E-state index contributed by atoms with van der Waals surface area (Å²) in [6.07, 6.45) is 3.68. The first-order valence-electron chi connectivity index (χ1n) is 5.63. The Bertz CT molecular complexity index is 263. The Morgan fingerprint density at radius 3 is 2.67 bits per heavy atom. The number of carbonyl (C=O) groups excluding carboxylic acids is 1. The summed E-state index contributed by atoms with van der Waals surface area (Å²) in [6.45, 7) is 2.92. The van der Waals surface area contributed by atoms with Crippen LogP contribution in [0.5, 0.6) is 0 Å². The van der Waals surface area contributed by atoms with E-state index in [1.807, 2.05) is 6.92 Å². The van der Waals surface area contributed by atoms with E-state index in [9.17, 15) is 4.79 Å². The van der Waals surface area contributed by atoms with Crippen molar-refractivity contribution in [2.45, 2.75) is 38.3 Å². The van der Waals surface area contributed by atoms with Gasteiger partial charge in [-0.05, 0) is 24.7 Å². The first kappa shape index (κ1) is 10.9. The van der Waals surface area contributed by atoms with Crippen molar-refractivity contribution in [3.63, 3.8) is 0 Å². The lowest BCUT2D eigenvalue weighted by molar-refractivity contribution is -0.126. The predicted octanol–water partition coefficient (Wildman–Crippen LogP) is 0.265. The van der Waals surface area contributed by atoms with Gasteiger partial charge in [0.05, 0.1) is 12.0 Å². The van der Waals surface area contributed by atoms with Crippen molar-refractivity contribution in [1.29, 1.82) is 0 Å². The summed E-state index contributed by atoms with van der Waals surface area (Å²) in [5.74, 6) is -0.498. The van der Waals surface area contributed by atoms with Gasteiger partial charge in [-0.15, -0.1) is 0 Å².